The summed E-state index contributed by atoms with van der Waals surface area (Å²) in [6, 6.07) is 2.89. The van der Waals surface area contributed by atoms with E-state index in [1.165, 1.54) is 6.07 Å². The summed E-state index contributed by atoms with van der Waals surface area (Å²) >= 11 is 0. The van der Waals surface area contributed by atoms with Crippen LogP contribution in [0.15, 0.2) is 17.0 Å². The first kappa shape index (κ1) is 18.0. The summed E-state index contributed by atoms with van der Waals surface area (Å²) in [4.78, 5) is 12.0. The molecule has 6 heteroatoms. The molecule has 0 fully saturated rings. The van der Waals surface area contributed by atoms with E-state index in [1.807, 2.05) is 6.92 Å². The zero-order valence-electron chi connectivity index (χ0n) is 12.8. The van der Waals surface area contributed by atoms with Gasteiger partial charge in [-0.15, -0.1) is 0 Å². The van der Waals surface area contributed by atoms with Crippen molar-refractivity contribution in [2.24, 2.45) is 5.92 Å². The van der Waals surface area contributed by atoms with Crippen molar-refractivity contribution in [3.8, 4) is 0 Å². The molecule has 118 valence electrons. The molecule has 0 aliphatic heterocycles. The quantitative estimate of drug-likeness (QED) is 0.587. The second-order valence-electron chi connectivity index (χ2n) is 5.35. The Labute approximate surface area is 130 Å². The van der Waals surface area contributed by atoms with E-state index in [0.29, 0.717) is 17.7 Å². The molecule has 0 heterocycles. The highest BCUT2D eigenvalue weighted by Crippen LogP contribution is 2.24. The number of hydrogen-bond acceptors (Lipinski definition) is 4. The molecule has 1 unspecified atom stereocenters. The molecule has 1 atom stereocenters. The molecule has 4 nitrogen and oxygen atoms in total. The Morgan fingerprint density at radius 3 is 2.48 bits per heavy atom. The van der Waals surface area contributed by atoms with E-state index in [4.69, 9.17) is 15.4 Å². The molecule has 0 aromatic heterocycles. The topological polar surface area (TPSA) is 60.4 Å². The molecule has 0 spiro atoms. The van der Waals surface area contributed by atoms with Gasteiger partial charge in [0.05, 0.1) is 17.1 Å². The number of rotatable bonds is 6. The molecule has 0 aliphatic carbocycles. The van der Waals surface area contributed by atoms with Crippen molar-refractivity contribution >= 4 is 25.7 Å². The van der Waals surface area contributed by atoms with Gasteiger partial charge in [-0.2, -0.15) is 0 Å². The molecule has 0 aliphatic rings. The fraction of sp³-hybridized carbons (Fsp3) is 0.533. The number of benzene rings is 1. The van der Waals surface area contributed by atoms with Crippen molar-refractivity contribution in [1.82, 2.24) is 0 Å². The van der Waals surface area contributed by atoms with Gasteiger partial charge in [-0.05, 0) is 49.4 Å². The first-order valence-corrected chi connectivity index (χ1v) is 9.20. The summed E-state index contributed by atoms with van der Waals surface area (Å²) in [5, 5.41) is 0. The third-order valence-electron chi connectivity index (χ3n) is 3.40. The molecular formula is C15H21ClO4S. The minimum atomic E-state index is -3.89. The predicted octanol–water partition coefficient (Wildman–Crippen LogP) is 3.82. The van der Waals surface area contributed by atoms with Crippen molar-refractivity contribution in [1.29, 1.82) is 0 Å². The van der Waals surface area contributed by atoms with Gasteiger partial charge in [0.25, 0.3) is 9.05 Å². The Morgan fingerprint density at radius 2 is 1.95 bits per heavy atom. The summed E-state index contributed by atoms with van der Waals surface area (Å²) < 4.78 is 28.3. The van der Waals surface area contributed by atoms with Crippen molar-refractivity contribution in [2.45, 2.75) is 45.4 Å². The standard InChI is InChI=1S/C15H21ClO4S/c1-5-6-10(2)9-20-15(17)13-7-11(3)12(4)14(8-13)21(16,18)19/h7-8,10H,5-6,9H2,1-4H3. The van der Waals surface area contributed by atoms with E-state index in [-0.39, 0.29) is 16.4 Å². The summed E-state index contributed by atoms with van der Waals surface area (Å²) in [5.74, 6) is -0.246. The molecule has 0 saturated heterocycles. The van der Waals surface area contributed by atoms with Crippen LogP contribution in [0.1, 0.15) is 48.2 Å². The Balaban J connectivity index is 2.99. The van der Waals surface area contributed by atoms with Gasteiger partial charge in [0, 0.05) is 10.7 Å². The molecule has 1 aromatic carbocycles. The predicted molar refractivity (Wildman–Crippen MR) is 83.3 cm³/mol. The van der Waals surface area contributed by atoms with Gasteiger partial charge in [-0.25, -0.2) is 13.2 Å². The van der Waals surface area contributed by atoms with E-state index < -0.39 is 15.0 Å². The Hall–Kier alpha value is -1.07. The van der Waals surface area contributed by atoms with Crippen molar-refractivity contribution in [3.05, 3.63) is 28.8 Å². The minimum Gasteiger partial charge on any atom is -0.462 e. The third-order valence-corrected chi connectivity index (χ3v) is 4.85. The Morgan fingerprint density at radius 1 is 1.33 bits per heavy atom. The molecule has 0 amide bonds. The van der Waals surface area contributed by atoms with Gasteiger partial charge in [-0.1, -0.05) is 20.3 Å². The largest absolute Gasteiger partial charge is 0.462 e. The minimum absolute atomic E-state index is 0.0438. The van der Waals surface area contributed by atoms with Crippen molar-refractivity contribution in [2.75, 3.05) is 6.61 Å². The van der Waals surface area contributed by atoms with Crippen LogP contribution in [0.4, 0.5) is 0 Å². The highest BCUT2D eigenvalue weighted by molar-refractivity contribution is 8.13. The molecule has 1 rings (SSSR count). The third kappa shape index (κ3) is 5.00. The Kier molecular flexibility index (Phi) is 6.23. The lowest BCUT2D eigenvalue weighted by Crippen LogP contribution is -2.13. The molecule has 0 saturated carbocycles. The average Bonchev–Trinajstić information content (AvgIpc) is 2.38. The van der Waals surface area contributed by atoms with Crippen LogP contribution in [-0.4, -0.2) is 21.0 Å². The van der Waals surface area contributed by atoms with Crippen molar-refractivity contribution in [3.63, 3.8) is 0 Å². The lowest BCUT2D eigenvalue weighted by molar-refractivity contribution is 0.0443. The summed E-state index contributed by atoms with van der Waals surface area (Å²) in [6.07, 6.45) is 2.00. The number of ether oxygens (including phenoxy) is 1. The van der Waals surface area contributed by atoms with Crippen LogP contribution in [0.3, 0.4) is 0 Å². The van der Waals surface area contributed by atoms with E-state index in [9.17, 15) is 13.2 Å². The van der Waals surface area contributed by atoms with E-state index >= 15 is 0 Å². The lowest BCUT2D eigenvalue weighted by atomic mass is 10.1. The van der Waals surface area contributed by atoms with Crippen LogP contribution in [0, 0.1) is 19.8 Å². The van der Waals surface area contributed by atoms with Crippen LogP contribution in [-0.2, 0) is 13.8 Å². The number of carbonyl (C=O) groups excluding carboxylic acids is 1. The zero-order valence-corrected chi connectivity index (χ0v) is 14.3. The normalized spacial score (nSPS) is 13.0. The maximum atomic E-state index is 12.0. The fourth-order valence-electron chi connectivity index (χ4n) is 2.08. The molecule has 0 radical (unpaired) electrons. The van der Waals surface area contributed by atoms with Gasteiger partial charge in [0.1, 0.15) is 0 Å². The average molecular weight is 333 g/mol. The maximum Gasteiger partial charge on any atom is 0.338 e. The van der Waals surface area contributed by atoms with E-state index in [1.54, 1.807) is 19.9 Å². The molecule has 1 aromatic rings. The second kappa shape index (κ2) is 7.27. The molecule has 0 bridgehead atoms. The first-order valence-electron chi connectivity index (χ1n) is 6.89. The zero-order chi connectivity index (χ0) is 16.2. The SMILES string of the molecule is CCCC(C)COC(=O)c1cc(C)c(C)c(S(=O)(=O)Cl)c1. The number of hydrogen-bond donors (Lipinski definition) is 0. The summed E-state index contributed by atoms with van der Waals surface area (Å²) in [5.41, 5.74) is 1.44. The molecule has 21 heavy (non-hydrogen) atoms. The van der Waals surface area contributed by atoms with Crippen LogP contribution < -0.4 is 0 Å². The highest BCUT2D eigenvalue weighted by atomic mass is 35.7. The van der Waals surface area contributed by atoms with Gasteiger partial charge >= 0.3 is 5.97 Å². The first-order chi connectivity index (χ1) is 9.66. The van der Waals surface area contributed by atoms with E-state index in [0.717, 1.165) is 12.8 Å². The fourth-order valence-corrected chi connectivity index (χ4v) is 3.35. The summed E-state index contributed by atoms with van der Waals surface area (Å²) in [7, 11) is 1.51. The van der Waals surface area contributed by atoms with E-state index in [2.05, 4.69) is 6.92 Å². The van der Waals surface area contributed by atoms with Crippen LogP contribution in [0.5, 0.6) is 0 Å². The van der Waals surface area contributed by atoms with Gasteiger partial charge in [0.15, 0.2) is 0 Å². The van der Waals surface area contributed by atoms with Gasteiger partial charge in [0.2, 0.25) is 0 Å². The highest BCUT2D eigenvalue weighted by Gasteiger charge is 2.19. The van der Waals surface area contributed by atoms with Crippen LogP contribution in [0.2, 0.25) is 0 Å². The van der Waals surface area contributed by atoms with Crippen molar-refractivity contribution < 1.29 is 17.9 Å². The monoisotopic (exact) mass is 332 g/mol. The van der Waals surface area contributed by atoms with Crippen LogP contribution in [0.25, 0.3) is 0 Å². The second-order valence-corrected chi connectivity index (χ2v) is 7.88. The smallest absolute Gasteiger partial charge is 0.338 e. The lowest BCUT2D eigenvalue weighted by Gasteiger charge is -2.13. The number of carbonyl (C=O) groups is 1. The number of aryl methyl sites for hydroxylation is 1. The van der Waals surface area contributed by atoms with Crippen LogP contribution >= 0.6 is 10.7 Å². The molecule has 0 N–H and O–H groups in total. The number of esters is 1. The number of halogens is 1. The summed E-state index contributed by atoms with van der Waals surface area (Å²) in [6.45, 7) is 7.79. The molecular weight excluding hydrogens is 312 g/mol. The van der Waals surface area contributed by atoms with Gasteiger partial charge < -0.3 is 4.74 Å². The maximum absolute atomic E-state index is 12.0. The Bertz CT molecular complexity index is 623. The van der Waals surface area contributed by atoms with Gasteiger partial charge in [-0.3, -0.25) is 0 Å².